The molecule has 1 aromatic rings. The molecule has 0 spiro atoms. The molecule has 0 saturated heterocycles. The second kappa shape index (κ2) is 7.19. The molecule has 0 N–H and O–H groups in total. The zero-order valence-electron chi connectivity index (χ0n) is 8.58. The SMILES string of the molecule is CC(CCCl)CCSc1ccccc1. The van der Waals surface area contributed by atoms with Gasteiger partial charge in [-0.25, -0.2) is 0 Å². The van der Waals surface area contributed by atoms with Crippen molar-refractivity contribution in [2.24, 2.45) is 5.92 Å². The molecular formula is C12H17ClS. The molecule has 78 valence electrons. The van der Waals surface area contributed by atoms with E-state index in [-0.39, 0.29) is 0 Å². The molecule has 0 saturated carbocycles. The lowest BCUT2D eigenvalue weighted by molar-refractivity contribution is 0.552. The highest BCUT2D eigenvalue weighted by Gasteiger charge is 2.01. The molecular weight excluding hydrogens is 212 g/mol. The van der Waals surface area contributed by atoms with E-state index >= 15 is 0 Å². The third-order valence-corrected chi connectivity index (χ3v) is 3.49. The zero-order valence-corrected chi connectivity index (χ0v) is 10.2. The molecule has 0 amide bonds. The Bertz CT molecular complexity index is 235. The fourth-order valence-electron chi connectivity index (χ4n) is 1.23. The zero-order chi connectivity index (χ0) is 10.2. The summed E-state index contributed by atoms with van der Waals surface area (Å²) in [6.45, 7) is 2.27. The van der Waals surface area contributed by atoms with Gasteiger partial charge >= 0.3 is 0 Å². The standard InChI is InChI=1S/C12H17ClS/c1-11(7-9-13)8-10-14-12-5-3-2-4-6-12/h2-6,11H,7-10H2,1H3. The van der Waals surface area contributed by atoms with Gasteiger partial charge in [-0.1, -0.05) is 25.1 Å². The molecule has 0 radical (unpaired) electrons. The summed E-state index contributed by atoms with van der Waals surface area (Å²) in [6.07, 6.45) is 2.39. The first-order valence-electron chi connectivity index (χ1n) is 5.06. The summed E-state index contributed by atoms with van der Waals surface area (Å²) in [6, 6.07) is 10.6. The molecule has 1 aromatic carbocycles. The summed E-state index contributed by atoms with van der Waals surface area (Å²) in [7, 11) is 0. The fourth-order valence-corrected chi connectivity index (χ4v) is 2.70. The van der Waals surface area contributed by atoms with Crippen molar-refractivity contribution in [3.8, 4) is 0 Å². The lowest BCUT2D eigenvalue weighted by atomic mass is 10.1. The topological polar surface area (TPSA) is 0 Å². The van der Waals surface area contributed by atoms with Crippen LogP contribution in [0.1, 0.15) is 19.8 Å². The van der Waals surface area contributed by atoms with E-state index in [0.717, 1.165) is 18.2 Å². The Morgan fingerprint density at radius 2 is 1.93 bits per heavy atom. The molecule has 1 atom stereocenters. The highest BCUT2D eigenvalue weighted by atomic mass is 35.5. The van der Waals surface area contributed by atoms with Crippen LogP contribution < -0.4 is 0 Å². The van der Waals surface area contributed by atoms with Gasteiger partial charge in [0, 0.05) is 10.8 Å². The lowest BCUT2D eigenvalue weighted by Crippen LogP contribution is -1.96. The van der Waals surface area contributed by atoms with Crippen molar-refractivity contribution in [2.45, 2.75) is 24.7 Å². The number of thioether (sulfide) groups is 1. The van der Waals surface area contributed by atoms with E-state index in [4.69, 9.17) is 11.6 Å². The van der Waals surface area contributed by atoms with Gasteiger partial charge in [0.15, 0.2) is 0 Å². The summed E-state index contributed by atoms with van der Waals surface area (Å²) >= 11 is 7.62. The van der Waals surface area contributed by atoms with Crippen LogP contribution >= 0.6 is 23.4 Å². The van der Waals surface area contributed by atoms with Crippen molar-refractivity contribution in [1.29, 1.82) is 0 Å². The van der Waals surface area contributed by atoms with Gasteiger partial charge in [-0.05, 0) is 36.6 Å². The van der Waals surface area contributed by atoms with Crippen LogP contribution in [0, 0.1) is 5.92 Å². The predicted octanol–water partition coefficient (Wildman–Crippen LogP) is 4.43. The summed E-state index contributed by atoms with van der Waals surface area (Å²) in [4.78, 5) is 1.37. The second-order valence-electron chi connectivity index (χ2n) is 3.53. The highest BCUT2D eigenvalue weighted by Crippen LogP contribution is 2.20. The minimum atomic E-state index is 0.753. The Morgan fingerprint density at radius 1 is 1.21 bits per heavy atom. The molecule has 1 unspecified atom stereocenters. The summed E-state index contributed by atoms with van der Waals surface area (Å²) in [5.74, 6) is 2.74. The van der Waals surface area contributed by atoms with Gasteiger partial charge in [0.2, 0.25) is 0 Å². The molecule has 0 aromatic heterocycles. The molecule has 14 heavy (non-hydrogen) atoms. The first-order chi connectivity index (χ1) is 6.83. The smallest absolute Gasteiger partial charge is 0.0225 e. The van der Waals surface area contributed by atoms with Crippen LogP contribution in [0.5, 0.6) is 0 Å². The maximum Gasteiger partial charge on any atom is 0.0225 e. The van der Waals surface area contributed by atoms with Crippen molar-refractivity contribution in [3.05, 3.63) is 30.3 Å². The molecule has 2 heteroatoms. The van der Waals surface area contributed by atoms with Crippen LogP contribution in [-0.2, 0) is 0 Å². The molecule has 0 aliphatic rings. The molecule has 1 rings (SSSR count). The van der Waals surface area contributed by atoms with Crippen molar-refractivity contribution in [3.63, 3.8) is 0 Å². The average Bonchev–Trinajstić information content (AvgIpc) is 2.20. The van der Waals surface area contributed by atoms with Crippen molar-refractivity contribution in [1.82, 2.24) is 0 Å². The number of benzene rings is 1. The summed E-state index contributed by atoms with van der Waals surface area (Å²) in [5.41, 5.74) is 0. The fraction of sp³-hybridized carbons (Fsp3) is 0.500. The van der Waals surface area contributed by atoms with E-state index < -0.39 is 0 Å². The quantitative estimate of drug-likeness (QED) is 0.513. The van der Waals surface area contributed by atoms with Crippen LogP contribution in [0.25, 0.3) is 0 Å². The van der Waals surface area contributed by atoms with Gasteiger partial charge in [-0.2, -0.15) is 0 Å². The molecule has 0 aliphatic carbocycles. The Morgan fingerprint density at radius 3 is 2.57 bits per heavy atom. The predicted molar refractivity (Wildman–Crippen MR) is 66.3 cm³/mol. The van der Waals surface area contributed by atoms with E-state index in [0.29, 0.717) is 0 Å². The Balaban J connectivity index is 2.16. The van der Waals surface area contributed by atoms with Crippen LogP contribution in [0.15, 0.2) is 35.2 Å². The van der Waals surface area contributed by atoms with Gasteiger partial charge < -0.3 is 0 Å². The molecule has 0 fully saturated rings. The number of rotatable bonds is 6. The Hall–Kier alpha value is -0.140. The van der Waals surface area contributed by atoms with E-state index in [1.54, 1.807) is 0 Å². The van der Waals surface area contributed by atoms with Gasteiger partial charge in [-0.3, -0.25) is 0 Å². The van der Waals surface area contributed by atoms with Gasteiger partial charge in [-0.15, -0.1) is 23.4 Å². The number of hydrogen-bond acceptors (Lipinski definition) is 1. The first-order valence-corrected chi connectivity index (χ1v) is 6.58. The molecule has 0 bridgehead atoms. The monoisotopic (exact) mass is 228 g/mol. The highest BCUT2D eigenvalue weighted by molar-refractivity contribution is 7.99. The minimum Gasteiger partial charge on any atom is -0.127 e. The number of halogens is 1. The average molecular weight is 229 g/mol. The first kappa shape index (κ1) is 11.9. The Kier molecular flexibility index (Phi) is 6.13. The molecule has 0 nitrogen and oxygen atoms in total. The largest absolute Gasteiger partial charge is 0.127 e. The van der Waals surface area contributed by atoms with Crippen LogP contribution in [-0.4, -0.2) is 11.6 Å². The van der Waals surface area contributed by atoms with Crippen LogP contribution in [0.3, 0.4) is 0 Å². The van der Waals surface area contributed by atoms with Crippen molar-refractivity contribution >= 4 is 23.4 Å². The Labute approximate surface area is 96.0 Å². The van der Waals surface area contributed by atoms with Crippen molar-refractivity contribution < 1.29 is 0 Å². The van der Waals surface area contributed by atoms with Gasteiger partial charge in [0.05, 0.1) is 0 Å². The number of hydrogen-bond donors (Lipinski definition) is 0. The third-order valence-electron chi connectivity index (χ3n) is 2.22. The molecule has 0 heterocycles. The maximum atomic E-state index is 5.69. The lowest BCUT2D eigenvalue weighted by Gasteiger charge is -2.08. The van der Waals surface area contributed by atoms with Crippen LogP contribution in [0.2, 0.25) is 0 Å². The maximum absolute atomic E-state index is 5.69. The van der Waals surface area contributed by atoms with Gasteiger partial charge in [0.25, 0.3) is 0 Å². The summed E-state index contributed by atoms with van der Waals surface area (Å²) < 4.78 is 0. The van der Waals surface area contributed by atoms with E-state index in [1.165, 1.54) is 17.1 Å². The molecule has 0 aliphatic heterocycles. The second-order valence-corrected chi connectivity index (χ2v) is 5.08. The van der Waals surface area contributed by atoms with Crippen LogP contribution in [0.4, 0.5) is 0 Å². The number of alkyl halides is 1. The summed E-state index contributed by atoms with van der Waals surface area (Å²) in [5, 5.41) is 0. The normalized spacial score (nSPS) is 12.7. The van der Waals surface area contributed by atoms with E-state index in [2.05, 4.69) is 37.3 Å². The van der Waals surface area contributed by atoms with E-state index in [1.807, 2.05) is 11.8 Å². The third kappa shape index (κ3) is 4.92. The van der Waals surface area contributed by atoms with Gasteiger partial charge in [0.1, 0.15) is 0 Å². The van der Waals surface area contributed by atoms with E-state index in [9.17, 15) is 0 Å². The minimum absolute atomic E-state index is 0.753. The van der Waals surface area contributed by atoms with Crippen molar-refractivity contribution in [2.75, 3.05) is 11.6 Å².